The zero-order valence-electron chi connectivity index (χ0n) is 13.0. The monoisotopic (exact) mass is 321 g/mol. The van der Waals surface area contributed by atoms with E-state index in [9.17, 15) is 9.59 Å². The van der Waals surface area contributed by atoms with Gasteiger partial charge in [0.15, 0.2) is 0 Å². The van der Waals surface area contributed by atoms with Crippen molar-refractivity contribution in [1.29, 1.82) is 0 Å². The van der Waals surface area contributed by atoms with E-state index in [1.807, 2.05) is 6.07 Å². The molecule has 120 valence electrons. The van der Waals surface area contributed by atoms with Crippen LogP contribution in [0, 0.1) is 0 Å². The van der Waals surface area contributed by atoms with Gasteiger partial charge in [-0.15, -0.1) is 0 Å². The van der Waals surface area contributed by atoms with Crippen LogP contribution < -0.4 is 15.7 Å². The Balaban J connectivity index is 1.82. The average Bonchev–Trinajstić information content (AvgIpc) is 2.64. The van der Waals surface area contributed by atoms with Gasteiger partial charge in [-0.2, -0.15) is 0 Å². The van der Waals surface area contributed by atoms with Gasteiger partial charge in [0.1, 0.15) is 17.2 Å². The van der Waals surface area contributed by atoms with Crippen molar-refractivity contribution >= 4 is 11.6 Å². The van der Waals surface area contributed by atoms with Crippen molar-refractivity contribution in [3.63, 3.8) is 0 Å². The first-order chi connectivity index (χ1) is 11.7. The minimum Gasteiger partial charge on any atom is -0.497 e. The molecule has 0 radical (unpaired) electrons. The smallest absolute Gasteiger partial charge is 0.360 e. The first-order valence-corrected chi connectivity index (χ1v) is 7.32. The third-order valence-electron chi connectivity index (χ3n) is 3.48. The number of methoxy groups -OCH3 is 1. The fourth-order valence-electron chi connectivity index (χ4n) is 2.20. The fraction of sp³-hybridized carbons (Fsp3) is 0.0526. The predicted molar refractivity (Wildman–Crippen MR) is 91.4 cm³/mol. The third-order valence-corrected chi connectivity index (χ3v) is 3.48. The molecule has 0 bridgehead atoms. The van der Waals surface area contributed by atoms with Gasteiger partial charge in [-0.3, -0.25) is 4.79 Å². The Kier molecular flexibility index (Phi) is 4.43. The largest absolute Gasteiger partial charge is 0.497 e. The minimum absolute atomic E-state index is 0.0983. The van der Waals surface area contributed by atoms with Crippen molar-refractivity contribution in [3.05, 3.63) is 82.7 Å². The quantitative estimate of drug-likeness (QED) is 0.797. The molecule has 3 aromatic rings. The molecular formula is C19H15NO4. The molecule has 0 saturated heterocycles. The minimum atomic E-state index is -0.604. The SMILES string of the molecule is COc1ccc(-c2ccc(NC(=O)c3ccccc3)c(=O)o2)cc1. The highest BCUT2D eigenvalue weighted by Crippen LogP contribution is 2.22. The molecule has 0 atom stereocenters. The van der Waals surface area contributed by atoms with Crippen molar-refractivity contribution in [1.82, 2.24) is 0 Å². The maximum atomic E-state index is 12.1. The Morgan fingerprint density at radius 3 is 2.29 bits per heavy atom. The molecule has 0 aliphatic rings. The summed E-state index contributed by atoms with van der Waals surface area (Å²) in [5, 5.41) is 2.56. The van der Waals surface area contributed by atoms with E-state index >= 15 is 0 Å². The molecule has 3 rings (SSSR count). The van der Waals surface area contributed by atoms with E-state index in [0.29, 0.717) is 17.1 Å². The molecule has 2 aromatic carbocycles. The van der Waals surface area contributed by atoms with Gasteiger partial charge in [0, 0.05) is 11.1 Å². The van der Waals surface area contributed by atoms with Crippen LogP contribution in [0.3, 0.4) is 0 Å². The maximum absolute atomic E-state index is 12.1. The number of carbonyl (C=O) groups is 1. The number of hydrogen-bond acceptors (Lipinski definition) is 4. The van der Waals surface area contributed by atoms with Crippen LogP contribution in [0.1, 0.15) is 10.4 Å². The lowest BCUT2D eigenvalue weighted by Gasteiger charge is -2.06. The molecule has 1 heterocycles. The Labute approximate surface area is 138 Å². The van der Waals surface area contributed by atoms with Gasteiger partial charge < -0.3 is 14.5 Å². The van der Waals surface area contributed by atoms with Crippen LogP contribution in [0.5, 0.6) is 5.75 Å². The number of rotatable bonds is 4. The molecule has 0 fully saturated rings. The van der Waals surface area contributed by atoms with E-state index in [2.05, 4.69) is 5.32 Å². The van der Waals surface area contributed by atoms with Crippen molar-refractivity contribution in [2.75, 3.05) is 12.4 Å². The molecule has 5 heteroatoms. The highest BCUT2D eigenvalue weighted by Gasteiger charge is 2.10. The first-order valence-electron chi connectivity index (χ1n) is 7.32. The summed E-state index contributed by atoms with van der Waals surface area (Å²) in [6.07, 6.45) is 0. The Hall–Kier alpha value is -3.34. The number of anilines is 1. The number of benzene rings is 2. The highest BCUT2D eigenvalue weighted by atomic mass is 16.5. The summed E-state index contributed by atoms with van der Waals surface area (Å²) >= 11 is 0. The summed E-state index contributed by atoms with van der Waals surface area (Å²) in [5.74, 6) is 0.772. The third kappa shape index (κ3) is 3.35. The first kappa shape index (κ1) is 15.6. The van der Waals surface area contributed by atoms with Gasteiger partial charge in [0.05, 0.1) is 7.11 Å². The number of nitrogens with one attached hydrogen (secondary N) is 1. The van der Waals surface area contributed by atoms with E-state index in [0.717, 1.165) is 5.56 Å². The van der Waals surface area contributed by atoms with Crippen LogP contribution in [0.4, 0.5) is 5.69 Å². The van der Waals surface area contributed by atoms with Gasteiger partial charge in [-0.1, -0.05) is 18.2 Å². The lowest BCUT2D eigenvalue weighted by molar-refractivity contribution is 0.102. The van der Waals surface area contributed by atoms with Crippen LogP contribution in [-0.2, 0) is 0 Å². The normalized spacial score (nSPS) is 10.2. The molecule has 0 spiro atoms. The second-order valence-electron chi connectivity index (χ2n) is 5.05. The van der Waals surface area contributed by atoms with Gasteiger partial charge >= 0.3 is 5.63 Å². The lowest BCUT2D eigenvalue weighted by Crippen LogP contribution is -2.17. The van der Waals surface area contributed by atoms with Gasteiger partial charge in [0.25, 0.3) is 5.91 Å². The number of carbonyl (C=O) groups excluding carboxylic acids is 1. The summed E-state index contributed by atoms with van der Waals surface area (Å²) < 4.78 is 10.4. The van der Waals surface area contributed by atoms with Crippen molar-refractivity contribution in [2.45, 2.75) is 0 Å². The molecule has 24 heavy (non-hydrogen) atoms. The van der Waals surface area contributed by atoms with E-state index < -0.39 is 5.63 Å². The zero-order chi connectivity index (χ0) is 16.9. The molecule has 1 amide bonds. The molecule has 1 aromatic heterocycles. The summed E-state index contributed by atoms with van der Waals surface area (Å²) in [5.41, 5.74) is 0.707. The van der Waals surface area contributed by atoms with Crippen LogP contribution in [0.15, 0.2) is 75.9 Å². The number of hydrogen-bond donors (Lipinski definition) is 1. The predicted octanol–water partition coefficient (Wildman–Crippen LogP) is 3.57. The summed E-state index contributed by atoms with van der Waals surface area (Å²) in [7, 11) is 1.58. The van der Waals surface area contributed by atoms with Gasteiger partial charge in [-0.05, 0) is 48.5 Å². The molecule has 0 unspecified atom stereocenters. The summed E-state index contributed by atoms with van der Waals surface area (Å²) in [6, 6.07) is 19.0. The van der Waals surface area contributed by atoms with E-state index in [1.54, 1.807) is 61.7 Å². The van der Waals surface area contributed by atoms with Crippen LogP contribution in [0.25, 0.3) is 11.3 Å². The van der Waals surface area contributed by atoms with Gasteiger partial charge in [-0.25, -0.2) is 4.79 Å². The zero-order valence-corrected chi connectivity index (χ0v) is 13.0. The van der Waals surface area contributed by atoms with Crippen LogP contribution in [0.2, 0.25) is 0 Å². The molecule has 1 N–H and O–H groups in total. The second-order valence-corrected chi connectivity index (χ2v) is 5.05. The van der Waals surface area contributed by atoms with Gasteiger partial charge in [0.2, 0.25) is 0 Å². The van der Waals surface area contributed by atoms with E-state index in [4.69, 9.17) is 9.15 Å². The van der Waals surface area contributed by atoms with Crippen molar-refractivity contribution in [3.8, 4) is 17.1 Å². The van der Waals surface area contributed by atoms with E-state index in [1.165, 1.54) is 6.07 Å². The number of amides is 1. The topological polar surface area (TPSA) is 68.5 Å². The molecule has 5 nitrogen and oxygen atoms in total. The number of ether oxygens (including phenoxy) is 1. The van der Waals surface area contributed by atoms with E-state index in [-0.39, 0.29) is 11.6 Å². The summed E-state index contributed by atoms with van der Waals surface area (Å²) in [4.78, 5) is 24.2. The molecule has 0 aliphatic carbocycles. The standard InChI is InChI=1S/C19H15NO4/c1-23-15-9-7-13(8-10-15)17-12-11-16(19(22)24-17)20-18(21)14-5-3-2-4-6-14/h2-12H,1H3,(H,20,21). The average molecular weight is 321 g/mol. The van der Waals surface area contributed by atoms with Crippen LogP contribution >= 0.6 is 0 Å². The Morgan fingerprint density at radius 1 is 0.958 bits per heavy atom. The molecule has 0 aliphatic heterocycles. The summed E-state index contributed by atoms with van der Waals surface area (Å²) in [6.45, 7) is 0. The fourth-order valence-corrected chi connectivity index (χ4v) is 2.20. The van der Waals surface area contributed by atoms with Crippen molar-refractivity contribution in [2.24, 2.45) is 0 Å². The van der Waals surface area contributed by atoms with Crippen LogP contribution in [-0.4, -0.2) is 13.0 Å². The molecule has 0 saturated carbocycles. The highest BCUT2D eigenvalue weighted by molar-refractivity contribution is 6.04. The Bertz CT molecular complexity index is 899. The molecular weight excluding hydrogens is 306 g/mol. The maximum Gasteiger partial charge on any atom is 0.360 e. The van der Waals surface area contributed by atoms with Crippen molar-refractivity contribution < 1.29 is 13.9 Å². The second kappa shape index (κ2) is 6.83. The lowest BCUT2D eigenvalue weighted by atomic mass is 10.1. The Morgan fingerprint density at radius 2 is 1.67 bits per heavy atom.